The van der Waals surface area contributed by atoms with Crippen LogP contribution in [-0.4, -0.2) is 43.5 Å². The number of aryl methyl sites for hydroxylation is 1. The van der Waals surface area contributed by atoms with Gasteiger partial charge >= 0.3 is 6.18 Å². The van der Waals surface area contributed by atoms with Crippen molar-refractivity contribution in [1.82, 2.24) is 24.4 Å². The Morgan fingerprint density at radius 2 is 1.80 bits per heavy atom. The zero-order valence-corrected chi connectivity index (χ0v) is 23.3. The van der Waals surface area contributed by atoms with E-state index < -0.39 is 17.8 Å². The van der Waals surface area contributed by atoms with Gasteiger partial charge in [0.05, 0.1) is 42.2 Å². The highest BCUT2D eigenvalue weighted by molar-refractivity contribution is 7.15. The first-order valence-electron chi connectivity index (χ1n) is 13.0. The first-order valence-corrected chi connectivity index (χ1v) is 13.8. The van der Waals surface area contributed by atoms with Crippen molar-refractivity contribution in [2.75, 3.05) is 18.5 Å². The van der Waals surface area contributed by atoms with Gasteiger partial charge in [-0.1, -0.05) is 13.0 Å². The first-order chi connectivity index (χ1) is 19.7. The lowest BCUT2D eigenvalue weighted by atomic mass is 10.2. The molecule has 0 saturated carbocycles. The van der Waals surface area contributed by atoms with E-state index in [9.17, 15) is 18.0 Å². The minimum Gasteiger partial charge on any atom is -0.490 e. The summed E-state index contributed by atoms with van der Waals surface area (Å²) in [5.41, 5.74) is 0.126. The van der Waals surface area contributed by atoms with E-state index in [0.717, 1.165) is 22.9 Å². The van der Waals surface area contributed by atoms with Gasteiger partial charge in [0.25, 0.3) is 5.91 Å². The Morgan fingerprint density at radius 3 is 2.51 bits per heavy atom. The van der Waals surface area contributed by atoms with Gasteiger partial charge in [-0.05, 0) is 56.2 Å². The second kappa shape index (κ2) is 11.6. The number of carbonyl (C=O) groups is 1. The number of hydrogen-bond donors (Lipinski definition) is 1. The Balaban J connectivity index is 1.36. The van der Waals surface area contributed by atoms with Crippen LogP contribution in [0.2, 0.25) is 0 Å². The number of ether oxygens (including phenoxy) is 2. The van der Waals surface area contributed by atoms with Crippen molar-refractivity contribution in [3.05, 3.63) is 76.7 Å². The van der Waals surface area contributed by atoms with Gasteiger partial charge in [-0.25, -0.2) is 9.50 Å². The number of hydrogen-bond acceptors (Lipinski definition) is 7. The third kappa shape index (κ3) is 6.19. The summed E-state index contributed by atoms with van der Waals surface area (Å²) in [6, 6.07) is 11.4. The van der Waals surface area contributed by atoms with Crippen LogP contribution in [0.25, 0.3) is 16.2 Å². The fourth-order valence-electron chi connectivity index (χ4n) is 4.21. The zero-order valence-electron chi connectivity index (χ0n) is 22.5. The summed E-state index contributed by atoms with van der Waals surface area (Å²) in [6.45, 7) is 7.14. The SMILES string of the molecule is CCOc1ccc(Cn2cc(NC(=O)c3cc4nc(-c5ccc(CC)s5)cc(C(F)(F)F)n4n3)cn2)cc1OCC. The first kappa shape index (κ1) is 28.1. The monoisotopic (exact) mass is 584 g/mol. The van der Waals surface area contributed by atoms with E-state index in [0.29, 0.717) is 46.3 Å². The number of carbonyl (C=O) groups excluding carboxylic acids is 1. The standard InChI is InChI=1S/C28H27F3N6O3S/c1-4-19-8-10-24(41-19)20-12-25(28(29,30)31)37-26(34-20)13-21(35-37)27(38)33-18-14-32-36(16-18)15-17-7-9-22(39-5-2)23(11-17)40-6-3/h7-14,16H,4-6,15H2,1-3H3,(H,33,38). The Kier molecular flexibility index (Phi) is 7.97. The summed E-state index contributed by atoms with van der Waals surface area (Å²) < 4.78 is 55.4. The summed E-state index contributed by atoms with van der Waals surface area (Å²) in [5, 5.41) is 10.9. The average Bonchev–Trinajstić information content (AvgIpc) is 3.69. The Morgan fingerprint density at radius 1 is 1.02 bits per heavy atom. The van der Waals surface area contributed by atoms with E-state index in [1.54, 1.807) is 16.9 Å². The number of thiophene rings is 1. The van der Waals surface area contributed by atoms with Crippen molar-refractivity contribution in [2.45, 2.75) is 39.9 Å². The molecule has 0 saturated heterocycles. The van der Waals surface area contributed by atoms with E-state index in [-0.39, 0.29) is 17.0 Å². The molecule has 5 rings (SSSR count). The molecule has 0 aliphatic heterocycles. The van der Waals surface area contributed by atoms with Crippen LogP contribution in [0.3, 0.4) is 0 Å². The van der Waals surface area contributed by atoms with Crippen molar-refractivity contribution in [1.29, 1.82) is 0 Å². The van der Waals surface area contributed by atoms with Crippen LogP contribution in [-0.2, 0) is 19.1 Å². The van der Waals surface area contributed by atoms with Gasteiger partial charge in [0.15, 0.2) is 28.5 Å². The number of anilines is 1. The molecule has 13 heteroatoms. The molecule has 4 heterocycles. The Labute approximate surface area is 237 Å². The van der Waals surface area contributed by atoms with Gasteiger partial charge in [-0.15, -0.1) is 11.3 Å². The minimum atomic E-state index is -4.70. The van der Waals surface area contributed by atoms with Crippen LogP contribution in [0.1, 0.15) is 47.4 Å². The molecule has 1 amide bonds. The van der Waals surface area contributed by atoms with Crippen LogP contribution < -0.4 is 14.8 Å². The fraction of sp³-hybridized carbons (Fsp3) is 0.286. The highest BCUT2D eigenvalue weighted by atomic mass is 32.1. The maximum Gasteiger partial charge on any atom is 0.433 e. The van der Waals surface area contributed by atoms with E-state index in [2.05, 4.69) is 20.5 Å². The third-order valence-electron chi connectivity index (χ3n) is 6.06. The van der Waals surface area contributed by atoms with Gasteiger partial charge in [-0.2, -0.15) is 23.4 Å². The molecule has 9 nitrogen and oxygen atoms in total. The molecule has 0 unspecified atom stereocenters. The van der Waals surface area contributed by atoms with E-state index in [1.165, 1.54) is 23.6 Å². The molecule has 0 radical (unpaired) electrons. The number of benzene rings is 1. The molecule has 0 atom stereocenters. The smallest absolute Gasteiger partial charge is 0.433 e. The molecular formula is C28H27F3N6O3S. The maximum absolute atomic E-state index is 13.9. The molecule has 5 aromatic rings. The minimum absolute atomic E-state index is 0.0808. The molecule has 0 aliphatic carbocycles. The van der Waals surface area contributed by atoms with Crippen LogP contribution in [0, 0.1) is 0 Å². The van der Waals surface area contributed by atoms with E-state index in [1.807, 2.05) is 45.0 Å². The second-order valence-electron chi connectivity index (χ2n) is 8.97. The van der Waals surface area contributed by atoms with Crippen molar-refractivity contribution in [3.63, 3.8) is 0 Å². The molecular weight excluding hydrogens is 557 g/mol. The lowest BCUT2D eigenvalue weighted by molar-refractivity contribution is -0.142. The van der Waals surface area contributed by atoms with Crippen LogP contribution >= 0.6 is 11.3 Å². The van der Waals surface area contributed by atoms with Crippen molar-refractivity contribution in [2.24, 2.45) is 0 Å². The Bertz CT molecular complexity index is 1690. The summed E-state index contributed by atoms with van der Waals surface area (Å²) >= 11 is 1.38. The van der Waals surface area contributed by atoms with Gasteiger partial charge in [-0.3, -0.25) is 9.48 Å². The number of aromatic nitrogens is 5. The van der Waals surface area contributed by atoms with Crippen molar-refractivity contribution in [3.8, 4) is 22.1 Å². The van der Waals surface area contributed by atoms with E-state index in [4.69, 9.17) is 9.47 Å². The Hall–Kier alpha value is -4.39. The topological polar surface area (TPSA) is 95.6 Å². The molecule has 4 aromatic heterocycles. The lowest BCUT2D eigenvalue weighted by Crippen LogP contribution is -2.15. The number of halogens is 3. The molecule has 1 N–H and O–H groups in total. The fourth-order valence-corrected chi connectivity index (χ4v) is 5.12. The van der Waals surface area contributed by atoms with Crippen LogP contribution in [0.5, 0.6) is 11.5 Å². The largest absolute Gasteiger partial charge is 0.490 e. The third-order valence-corrected chi connectivity index (χ3v) is 7.31. The number of rotatable bonds is 10. The van der Waals surface area contributed by atoms with Crippen LogP contribution in [0.15, 0.2) is 54.9 Å². The number of nitrogens with one attached hydrogen (secondary N) is 1. The molecule has 1 aromatic carbocycles. The van der Waals surface area contributed by atoms with Gasteiger partial charge in [0.2, 0.25) is 0 Å². The van der Waals surface area contributed by atoms with Gasteiger partial charge in [0.1, 0.15) is 0 Å². The summed E-state index contributed by atoms with van der Waals surface area (Å²) in [7, 11) is 0. The molecule has 0 spiro atoms. The van der Waals surface area contributed by atoms with Crippen LogP contribution in [0.4, 0.5) is 18.9 Å². The van der Waals surface area contributed by atoms with Gasteiger partial charge < -0.3 is 14.8 Å². The molecule has 0 bridgehead atoms. The zero-order chi connectivity index (χ0) is 29.1. The predicted octanol–water partition coefficient (Wildman–Crippen LogP) is 6.33. The number of nitrogens with zero attached hydrogens (tertiary/aromatic N) is 5. The van der Waals surface area contributed by atoms with E-state index >= 15 is 0 Å². The predicted molar refractivity (Wildman–Crippen MR) is 149 cm³/mol. The van der Waals surface area contributed by atoms with Crippen molar-refractivity contribution < 1.29 is 27.4 Å². The quantitative estimate of drug-likeness (QED) is 0.206. The molecule has 0 fully saturated rings. The lowest BCUT2D eigenvalue weighted by Gasteiger charge is -2.12. The highest BCUT2D eigenvalue weighted by Crippen LogP contribution is 2.34. The number of fused-ring (bicyclic) bond motifs is 1. The highest BCUT2D eigenvalue weighted by Gasteiger charge is 2.36. The average molecular weight is 585 g/mol. The normalized spacial score (nSPS) is 11.7. The number of amides is 1. The van der Waals surface area contributed by atoms with Gasteiger partial charge in [0, 0.05) is 17.1 Å². The number of alkyl halides is 3. The molecule has 41 heavy (non-hydrogen) atoms. The maximum atomic E-state index is 13.9. The summed E-state index contributed by atoms with van der Waals surface area (Å²) in [5.74, 6) is 0.587. The summed E-state index contributed by atoms with van der Waals surface area (Å²) in [4.78, 5) is 19.0. The molecule has 214 valence electrons. The molecule has 0 aliphatic rings. The summed E-state index contributed by atoms with van der Waals surface area (Å²) in [6.07, 6.45) is -0.874. The second-order valence-corrected chi connectivity index (χ2v) is 10.1. The van der Waals surface area contributed by atoms with Crippen molar-refractivity contribution >= 4 is 28.6 Å².